The molecule has 15 heavy (non-hydrogen) atoms. The summed E-state index contributed by atoms with van der Waals surface area (Å²) in [5.41, 5.74) is 10.3. The minimum absolute atomic E-state index is 0.00689. The van der Waals surface area contributed by atoms with Crippen LogP contribution in [0.4, 0.5) is 5.69 Å². The molecular formula is C10H12N2O3. The summed E-state index contributed by atoms with van der Waals surface area (Å²) >= 11 is 0. The van der Waals surface area contributed by atoms with E-state index in [1.165, 1.54) is 24.3 Å². The second-order valence-electron chi connectivity index (χ2n) is 2.76. The number of aliphatic carboxylic acids is 1. The van der Waals surface area contributed by atoms with Crippen LogP contribution in [0.2, 0.25) is 0 Å². The maximum Gasteiger partial charge on any atom is 0.320 e. The predicted molar refractivity (Wildman–Crippen MR) is 55.4 cm³/mol. The summed E-state index contributed by atoms with van der Waals surface area (Å²) in [5.74, 6) is -3.17. The molecule has 0 aliphatic carbocycles. The Balaban J connectivity index is 3.26. The lowest BCUT2D eigenvalue weighted by Gasteiger charge is -2.07. The number of hydrogen-bond acceptors (Lipinski definition) is 4. The van der Waals surface area contributed by atoms with E-state index in [1.807, 2.05) is 0 Å². The average Bonchev–Trinajstić information content (AvgIpc) is 2.28. The van der Waals surface area contributed by atoms with Gasteiger partial charge < -0.3 is 16.6 Å². The normalized spacial score (nSPS) is 18.1. The molecule has 0 spiro atoms. The van der Waals surface area contributed by atoms with Crippen LogP contribution < -0.4 is 11.5 Å². The monoisotopic (exact) mass is 211 g/mol. The van der Waals surface area contributed by atoms with Crippen molar-refractivity contribution in [3.05, 3.63) is 29.8 Å². The Labute approximate surface area is 90.9 Å². The number of benzene rings is 1. The predicted octanol–water partition coefficient (Wildman–Crippen LogP) is 0.253. The molecule has 80 valence electrons. The van der Waals surface area contributed by atoms with Crippen LogP contribution in [0.5, 0.6) is 0 Å². The molecule has 1 atom stereocenters. The van der Waals surface area contributed by atoms with E-state index < -0.39 is 24.1 Å². The van der Waals surface area contributed by atoms with Crippen molar-refractivity contribution < 1.29 is 18.8 Å². The fraction of sp³-hybridized carbons (Fsp3) is 0.200. The fourth-order valence-corrected chi connectivity index (χ4v) is 0.947. The molecule has 0 fully saturated rings. The molecule has 0 saturated heterocycles. The quantitative estimate of drug-likeness (QED) is 0.489. The van der Waals surface area contributed by atoms with Gasteiger partial charge >= 0.3 is 5.97 Å². The molecule has 0 aliphatic heterocycles. The molecule has 5 nitrogen and oxygen atoms in total. The Morgan fingerprint density at radius 2 is 2.13 bits per heavy atom. The van der Waals surface area contributed by atoms with Crippen LogP contribution in [-0.2, 0) is 4.79 Å². The van der Waals surface area contributed by atoms with Crippen LogP contribution in [0.3, 0.4) is 0 Å². The van der Waals surface area contributed by atoms with Crippen molar-refractivity contribution in [2.75, 3.05) is 5.73 Å². The van der Waals surface area contributed by atoms with Crippen LogP contribution in [0.25, 0.3) is 0 Å². The first-order chi connectivity index (χ1) is 8.12. The minimum Gasteiger partial charge on any atom is -0.480 e. The Hall–Kier alpha value is -1.88. The van der Waals surface area contributed by atoms with Gasteiger partial charge in [0.1, 0.15) is 6.02 Å². The van der Waals surface area contributed by atoms with Gasteiger partial charge in [0, 0.05) is 20.4 Å². The van der Waals surface area contributed by atoms with Gasteiger partial charge in [-0.05, 0) is 12.1 Å². The summed E-state index contributed by atoms with van der Waals surface area (Å²) in [6.45, 7) is 0. The zero-order chi connectivity index (χ0) is 14.1. The van der Waals surface area contributed by atoms with Gasteiger partial charge in [-0.1, -0.05) is 12.1 Å². The summed E-state index contributed by atoms with van der Waals surface area (Å²) in [6.07, 6.45) is -3.10. The Morgan fingerprint density at radius 1 is 1.53 bits per heavy atom. The summed E-state index contributed by atoms with van der Waals surface area (Å²) in [5, 5.41) is 8.71. The third kappa shape index (κ3) is 2.78. The number of carbonyl (C=O) groups is 2. The van der Waals surface area contributed by atoms with Gasteiger partial charge in [0.25, 0.3) is 0 Å². The lowest BCUT2D eigenvalue weighted by atomic mass is 10.0. The molecule has 0 amide bonds. The number of ketones is 1. The maximum absolute atomic E-state index is 11.9. The molecule has 1 aromatic rings. The molecule has 0 aromatic heterocycles. The highest BCUT2D eigenvalue weighted by Gasteiger charge is 2.18. The summed E-state index contributed by atoms with van der Waals surface area (Å²) < 4.78 is 22.2. The van der Waals surface area contributed by atoms with Crippen molar-refractivity contribution in [2.24, 2.45) is 5.73 Å². The molecule has 1 aromatic carbocycles. The number of carboxylic acid groups (broad SMARTS) is 1. The molecular weight excluding hydrogens is 196 g/mol. The van der Waals surface area contributed by atoms with Crippen LogP contribution in [0.15, 0.2) is 24.3 Å². The molecule has 0 bridgehead atoms. The zero-order valence-electron chi connectivity index (χ0n) is 10.7. The molecule has 0 heterocycles. The van der Waals surface area contributed by atoms with Crippen molar-refractivity contribution >= 4 is 17.4 Å². The Morgan fingerprint density at radius 3 is 2.67 bits per heavy atom. The van der Waals surface area contributed by atoms with E-state index in [0.29, 0.717) is 0 Å². The highest BCUT2D eigenvalue weighted by Crippen LogP contribution is 2.13. The number of nitrogen functional groups attached to an aromatic ring is 1. The Kier molecular flexibility index (Phi) is 2.26. The standard InChI is InChI=1S/C10H12N2O3/c11-7-4-2-1-3-6(7)9(13)5-8(12)10(14)15/h1-4,8H,5,11-12H2,(H,14,15)/i5D2,8D. The number of Topliss-reactive ketones (excluding diaryl/α,β-unsaturated/α-hetero) is 1. The lowest BCUT2D eigenvalue weighted by molar-refractivity contribution is -0.138. The molecule has 0 aliphatic rings. The highest BCUT2D eigenvalue weighted by atomic mass is 16.4. The second kappa shape index (κ2) is 4.56. The first-order valence-corrected chi connectivity index (χ1v) is 4.04. The number of rotatable bonds is 4. The smallest absolute Gasteiger partial charge is 0.320 e. The minimum atomic E-state index is -3.10. The third-order valence-electron chi connectivity index (χ3n) is 1.68. The van der Waals surface area contributed by atoms with Gasteiger partial charge in [0.2, 0.25) is 0 Å². The highest BCUT2D eigenvalue weighted by molar-refractivity contribution is 6.02. The van der Waals surface area contributed by atoms with E-state index in [0.717, 1.165) is 0 Å². The number of carbonyl (C=O) groups excluding carboxylic acids is 1. The number of nitrogens with two attached hydrogens (primary N) is 2. The number of carboxylic acids is 1. The fourth-order valence-electron chi connectivity index (χ4n) is 0.947. The number of para-hydroxylation sites is 1. The van der Waals surface area contributed by atoms with E-state index >= 15 is 0 Å². The van der Waals surface area contributed by atoms with Gasteiger partial charge in [-0.25, -0.2) is 0 Å². The maximum atomic E-state index is 11.9. The van der Waals surface area contributed by atoms with Crippen molar-refractivity contribution in [1.29, 1.82) is 0 Å². The van der Waals surface area contributed by atoms with Gasteiger partial charge in [-0.3, -0.25) is 9.59 Å². The van der Waals surface area contributed by atoms with Crippen LogP contribution in [0.1, 0.15) is 20.8 Å². The molecule has 5 heteroatoms. The van der Waals surface area contributed by atoms with Gasteiger partial charge in [0.15, 0.2) is 5.78 Å². The third-order valence-corrected chi connectivity index (χ3v) is 1.68. The van der Waals surface area contributed by atoms with Gasteiger partial charge in [-0.2, -0.15) is 0 Å². The SMILES string of the molecule is [2H]C([2H])(C(=O)c1ccccc1N)C([2H])(N)C(=O)O. The van der Waals surface area contributed by atoms with Crippen molar-refractivity contribution in [3.63, 3.8) is 0 Å². The van der Waals surface area contributed by atoms with E-state index in [2.05, 4.69) is 0 Å². The van der Waals surface area contributed by atoms with Crippen LogP contribution in [-0.4, -0.2) is 22.9 Å². The lowest BCUT2D eigenvalue weighted by Crippen LogP contribution is -2.32. The van der Waals surface area contributed by atoms with E-state index in [4.69, 9.17) is 20.7 Å². The largest absolute Gasteiger partial charge is 0.480 e. The van der Waals surface area contributed by atoms with E-state index in [-0.39, 0.29) is 11.3 Å². The molecule has 1 unspecified atom stereocenters. The van der Waals surface area contributed by atoms with Gasteiger partial charge in [0.05, 0.1) is 1.37 Å². The zero-order valence-corrected chi connectivity index (χ0v) is 7.73. The number of hydrogen-bond donors (Lipinski definition) is 3. The first kappa shape index (κ1) is 7.42. The molecule has 0 radical (unpaired) electrons. The molecule has 5 N–H and O–H groups in total. The second-order valence-corrected chi connectivity index (χ2v) is 2.76. The summed E-state index contributed by atoms with van der Waals surface area (Å²) in [6, 6.07) is 2.50. The van der Waals surface area contributed by atoms with Crippen LogP contribution in [0, 0.1) is 0 Å². The van der Waals surface area contributed by atoms with E-state index in [1.54, 1.807) is 0 Å². The first-order valence-electron chi connectivity index (χ1n) is 5.54. The molecule has 1 rings (SSSR count). The van der Waals surface area contributed by atoms with Crippen molar-refractivity contribution in [1.82, 2.24) is 0 Å². The van der Waals surface area contributed by atoms with Crippen LogP contribution >= 0.6 is 0 Å². The molecule has 0 saturated carbocycles. The van der Waals surface area contributed by atoms with E-state index in [9.17, 15) is 9.59 Å². The van der Waals surface area contributed by atoms with Crippen molar-refractivity contribution in [2.45, 2.75) is 12.4 Å². The van der Waals surface area contributed by atoms with Gasteiger partial charge in [-0.15, -0.1) is 0 Å². The number of anilines is 1. The summed E-state index contributed by atoms with van der Waals surface area (Å²) in [7, 11) is 0. The summed E-state index contributed by atoms with van der Waals surface area (Å²) in [4.78, 5) is 22.7. The van der Waals surface area contributed by atoms with Crippen molar-refractivity contribution in [3.8, 4) is 0 Å². The average molecular weight is 211 g/mol. The Bertz CT molecular complexity index is 503. The topological polar surface area (TPSA) is 106 Å².